The molecule has 0 aliphatic carbocycles. The summed E-state index contributed by atoms with van der Waals surface area (Å²) in [6.07, 6.45) is 2.93. The summed E-state index contributed by atoms with van der Waals surface area (Å²) >= 11 is 5.89. The first-order valence-corrected chi connectivity index (χ1v) is 7.68. The zero-order valence-corrected chi connectivity index (χ0v) is 12.9. The third-order valence-corrected chi connectivity index (χ3v) is 4.35. The van der Waals surface area contributed by atoms with Gasteiger partial charge in [0, 0.05) is 23.2 Å². The Hall–Kier alpha value is -1.36. The second kappa shape index (κ2) is 6.18. The van der Waals surface area contributed by atoms with E-state index in [1.54, 1.807) is 6.20 Å². The molecule has 2 heterocycles. The van der Waals surface area contributed by atoms with Crippen molar-refractivity contribution in [1.29, 1.82) is 0 Å². The molecule has 21 heavy (non-hydrogen) atoms. The number of halogens is 1. The van der Waals surface area contributed by atoms with Crippen molar-refractivity contribution in [3.05, 3.63) is 41.4 Å². The van der Waals surface area contributed by atoms with E-state index in [4.69, 9.17) is 21.8 Å². The highest BCUT2D eigenvalue weighted by atomic mass is 35.5. The van der Waals surface area contributed by atoms with Gasteiger partial charge in [-0.15, -0.1) is 0 Å². The largest absolute Gasteiger partial charge is 0.439 e. The summed E-state index contributed by atoms with van der Waals surface area (Å²) in [5, 5.41) is 0.720. The average molecular weight is 306 g/mol. The Morgan fingerprint density at radius 1 is 1.43 bits per heavy atom. The molecule has 1 fully saturated rings. The molecule has 2 atom stereocenters. The summed E-state index contributed by atoms with van der Waals surface area (Å²) in [6.45, 7) is 4.91. The Balaban J connectivity index is 1.64. The van der Waals surface area contributed by atoms with Crippen molar-refractivity contribution in [2.75, 3.05) is 13.1 Å². The minimum Gasteiger partial charge on any atom is -0.439 e. The highest BCUT2D eigenvalue weighted by Crippen LogP contribution is 2.24. The molecule has 4 nitrogen and oxygen atoms in total. The second-order valence-electron chi connectivity index (χ2n) is 5.77. The Kier molecular flexibility index (Phi) is 4.29. The summed E-state index contributed by atoms with van der Waals surface area (Å²) in [5.74, 6) is 2.12. The normalized spacial score (nSPS) is 20.8. The van der Waals surface area contributed by atoms with E-state index in [0.717, 1.165) is 48.3 Å². The lowest BCUT2D eigenvalue weighted by molar-refractivity contribution is 0.276. The number of likely N-dealkylation sites (tertiary alicyclic amines) is 1. The van der Waals surface area contributed by atoms with Gasteiger partial charge in [-0.25, -0.2) is 4.98 Å². The molecular formula is C16H20ClN3O. The topological polar surface area (TPSA) is 55.3 Å². The monoisotopic (exact) mass is 305 g/mol. The summed E-state index contributed by atoms with van der Waals surface area (Å²) in [5.41, 5.74) is 6.96. The summed E-state index contributed by atoms with van der Waals surface area (Å²) in [4.78, 5) is 6.73. The van der Waals surface area contributed by atoms with E-state index in [9.17, 15) is 0 Å². The van der Waals surface area contributed by atoms with Crippen LogP contribution in [-0.2, 0) is 6.54 Å². The maximum absolute atomic E-state index is 5.97. The first-order chi connectivity index (χ1) is 10.1. The van der Waals surface area contributed by atoms with Crippen molar-refractivity contribution in [2.24, 2.45) is 11.7 Å². The lowest BCUT2D eigenvalue weighted by Gasteiger charge is -2.16. The number of oxazole rings is 1. The molecule has 0 saturated carbocycles. The highest BCUT2D eigenvalue weighted by Gasteiger charge is 2.26. The summed E-state index contributed by atoms with van der Waals surface area (Å²) in [7, 11) is 0. The molecule has 2 N–H and O–H groups in total. The van der Waals surface area contributed by atoms with E-state index in [2.05, 4.69) is 16.8 Å². The van der Waals surface area contributed by atoms with Gasteiger partial charge in [-0.05, 0) is 50.1 Å². The van der Waals surface area contributed by atoms with Gasteiger partial charge < -0.3 is 10.2 Å². The summed E-state index contributed by atoms with van der Waals surface area (Å²) < 4.78 is 5.84. The van der Waals surface area contributed by atoms with Crippen LogP contribution in [0.4, 0.5) is 0 Å². The number of benzene rings is 1. The molecule has 1 aliphatic rings. The van der Waals surface area contributed by atoms with E-state index in [1.165, 1.54) is 0 Å². The van der Waals surface area contributed by atoms with Crippen LogP contribution in [0.25, 0.3) is 11.3 Å². The molecule has 1 aliphatic heterocycles. The maximum Gasteiger partial charge on any atom is 0.209 e. The molecule has 0 amide bonds. The third-order valence-electron chi connectivity index (χ3n) is 4.09. The molecule has 2 aromatic rings. The van der Waals surface area contributed by atoms with Crippen LogP contribution in [0.2, 0.25) is 5.02 Å². The molecule has 1 aromatic heterocycles. The van der Waals surface area contributed by atoms with Crippen LogP contribution in [0.15, 0.2) is 34.9 Å². The number of hydrogen-bond acceptors (Lipinski definition) is 4. The van der Waals surface area contributed by atoms with Gasteiger partial charge in [-0.1, -0.05) is 11.6 Å². The predicted molar refractivity (Wildman–Crippen MR) is 84.0 cm³/mol. The fraction of sp³-hybridized carbons (Fsp3) is 0.438. The fourth-order valence-corrected chi connectivity index (χ4v) is 2.88. The van der Waals surface area contributed by atoms with Crippen LogP contribution in [0.3, 0.4) is 0 Å². The number of nitrogens with zero attached hydrogens (tertiary/aromatic N) is 2. The molecule has 5 heteroatoms. The van der Waals surface area contributed by atoms with Crippen molar-refractivity contribution in [1.82, 2.24) is 9.88 Å². The minimum absolute atomic E-state index is 0.254. The molecular weight excluding hydrogens is 286 g/mol. The molecule has 2 unspecified atom stereocenters. The van der Waals surface area contributed by atoms with Crippen LogP contribution in [-0.4, -0.2) is 29.0 Å². The van der Waals surface area contributed by atoms with E-state index in [1.807, 2.05) is 24.3 Å². The lowest BCUT2D eigenvalue weighted by Crippen LogP contribution is -2.29. The average Bonchev–Trinajstić information content (AvgIpc) is 3.10. The van der Waals surface area contributed by atoms with Gasteiger partial charge in [0.2, 0.25) is 5.89 Å². The first-order valence-electron chi connectivity index (χ1n) is 7.30. The Bertz CT molecular complexity index is 594. The zero-order valence-electron chi connectivity index (χ0n) is 12.1. The third kappa shape index (κ3) is 3.46. The van der Waals surface area contributed by atoms with Crippen molar-refractivity contribution in [2.45, 2.75) is 25.9 Å². The number of rotatable bonds is 4. The van der Waals surface area contributed by atoms with E-state index in [0.29, 0.717) is 5.92 Å². The van der Waals surface area contributed by atoms with Gasteiger partial charge >= 0.3 is 0 Å². The second-order valence-corrected chi connectivity index (χ2v) is 6.20. The van der Waals surface area contributed by atoms with E-state index in [-0.39, 0.29) is 6.04 Å². The Morgan fingerprint density at radius 3 is 2.86 bits per heavy atom. The van der Waals surface area contributed by atoms with Crippen LogP contribution in [0.5, 0.6) is 0 Å². The number of nitrogens with two attached hydrogens (primary N) is 1. The standard InChI is InChI=1S/C16H20ClN3O/c1-11(18)13-6-7-20(9-13)10-16-19-8-15(21-16)12-2-4-14(17)5-3-12/h2-5,8,11,13H,6-7,9-10,18H2,1H3. The highest BCUT2D eigenvalue weighted by molar-refractivity contribution is 6.30. The quantitative estimate of drug-likeness (QED) is 0.942. The molecule has 112 valence electrons. The first kappa shape index (κ1) is 14.6. The molecule has 3 rings (SSSR count). The lowest BCUT2D eigenvalue weighted by atomic mass is 10.0. The molecule has 0 bridgehead atoms. The van der Waals surface area contributed by atoms with Crippen molar-refractivity contribution < 1.29 is 4.42 Å². The Morgan fingerprint density at radius 2 is 2.19 bits per heavy atom. The van der Waals surface area contributed by atoms with Crippen molar-refractivity contribution in [3.63, 3.8) is 0 Å². The van der Waals surface area contributed by atoms with Gasteiger partial charge in [0.1, 0.15) is 0 Å². The zero-order chi connectivity index (χ0) is 14.8. The van der Waals surface area contributed by atoms with Crippen LogP contribution < -0.4 is 5.73 Å². The van der Waals surface area contributed by atoms with Crippen LogP contribution >= 0.6 is 11.6 Å². The molecule has 0 spiro atoms. The van der Waals surface area contributed by atoms with Crippen LogP contribution in [0.1, 0.15) is 19.2 Å². The summed E-state index contributed by atoms with van der Waals surface area (Å²) in [6, 6.07) is 7.84. The van der Waals surface area contributed by atoms with Gasteiger partial charge in [0.05, 0.1) is 12.7 Å². The fourth-order valence-electron chi connectivity index (χ4n) is 2.76. The number of aromatic nitrogens is 1. The minimum atomic E-state index is 0.254. The smallest absolute Gasteiger partial charge is 0.209 e. The van der Waals surface area contributed by atoms with E-state index < -0.39 is 0 Å². The van der Waals surface area contributed by atoms with Crippen molar-refractivity contribution in [3.8, 4) is 11.3 Å². The molecule has 1 aromatic carbocycles. The predicted octanol–water partition coefficient (Wildman–Crippen LogP) is 3.16. The van der Waals surface area contributed by atoms with Crippen LogP contribution in [0, 0.1) is 5.92 Å². The van der Waals surface area contributed by atoms with Gasteiger partial charge in [-0.3, -0.25) is 4.90 Å². The Labute approximate surface area is 129 Å². The maximum atomic E-state index is 5.97. The SMILES string of the molecule is CC(N)C1CCN(Cc2ncc(-c3ccc(Cl)cc3)o2)C1. The van der Waals surface area contributed by atoms with E-state index >= 15 is 0 Å². The molecule has 1 saturated heterocycles. The molecule has 0 radical (unpaired) electrons. The van der Waals surface area contributed by atoms with Gasteiger partial charge in [-0.2, -0.15) is 0 Å². The van der Waals surface area contributed by atoms with Crippen molar-refractivity contribution >= 4 is 11.6 Å². The number of hydrogen-bond donors (Lipinski definition) is 1. The van der Waals surface area contributed by atoms with Gasteiger partial charge in [0.15, 0.2) is 5.76 Å². The van der Waals surface area contributed by atoms with Gasteiger partial charge in [0.25, 0.3) is 0 Å².